The van der Waals surface area contributed by atoms with E-state index in [0.29, 0.717) is 0 Å². The van der Waals surface area contributed by atoms with Crippen LogP contribution in [0.1, 0.15) is 0 Å². The minimum atomic E-state index is -3.84. The van der Waals surface area contributed by atoms with Crippen LogP contribution in [0.3, 0.4) is 0 Å². The van der Waals surface area contributed by atoms with Gasteiger partial charge in [-0.1, -0.05) is 35.1 Å². The van der Waals surface area contributed by atoms with Gasteiger partial charge in [-0.3, -0.25) is 4.72 Å². The molecule has 0 aliphatic rings. The van der Waals surface area contributed by atoms with Crippen molar-refractivity contribution < 1.29 is 8.42 Å². The summed E-state index contributed by atoms with van der Waals surface area (Å²) in [7, 11) is -2.22. The Balaban J connectivity index is 1.99. The molecule has 0 amide bonds. The number of anilines is 1. The summed E-state index contributed by atoms with van der Waals surface area (Å²) in [5, 5.41) is 0.132. The summed E-state index contributed by atoms with van der Waals surface area (Å²) in [5.41, 5.74) is 0.738. The molecule has 104 valence electrons. The van der Waals surface area contributed by atoms with Crippen LogP contribution < -0.4 is 4.72 Å². The molecule has 0 spiro atoms. The van der Waals surface area contributed by atoms with Gasteiger partial charge in [0, 0.05) is 7.05 Å². The molecule has 0 saturated heterocycles. The number of nitrogens with zero attached hydrogens (tertiary/aromatic N) is 3. The van der Waals surface area contributed by atoms with Gasteiger partial charge in [0.2, 0.25) is 5.03 Å². The largest absolute Gasteiger partial charge is 0.324 e. The third-order valence-electron chi connectivity index (χ3n) is 2.60. The number of para-hydroxylation sites is 1. The monoisotopic (exact) mass is 328 g/mol. The first-order chi connectivity index (χ1) is 9.47. The van der Waals surface area contributed by atoms with Gasteiger partial charge in [-0.15, -0.1) is 0 Å². The summed E-state index contributed by atoms with van der Waals surface area (Å²) in [5.74, 6) is 0. The molecule has 3 rings (SSSR count). The second-order valence-corrected chi connectivity index (χ2v) is 7.03. The van der Waals surface area contributed by atoms with E-state index in [0.717, 1.165) is 10.2 Å². The fraction of sp³-hybridized carbons (Fsp3) is 0.0909. The zero-order valence-corrected chi connectivity index (χ0v) is 12.6. The van der Waals surface area contributed by atoms with Crippen molar-refractivity contribution in [3.8, 4) is 0 Å². The highest BCUT2D eigenvalue weighted by Crippen LogP contribution is 2.28. The molecule has 0 bridgehead atoms. The predicted molar refractivity (Wildman–Crippen MR) is 78.6 cm³/mol. The number of aryl methyl sites for hydroxylation is 1. The number of aromatic nitrogens is 3. The highest BCUT2D eigenvalue weighted by molar-refractivity contribution is 7.93. The maximum Gasteiger partial charge on any atom is 0.284 e. The van der Waals surface area contributed by atoms with Crippen LogP contribution in [0.4, 0.5) is 5.13 Å². The first-order valence-electron chi connectivity index (χ1n) is 5.52. The summed E-state index contributed by atoms with van der Waals surface area (Å²) in [6, 6.07) is 7.40. The van der Waals surface area contributed by atoms with Crippen LogP contribution in [0.2, 0.25) is 5.15 Å². The van der Waals surface area contributed by atoms with E-state index >= 15 is 0 Å². The van der Waals surface area contributed by atoms with E-state index in [-0.39, 0.29) is 15.3 Å². The Morgan fingerprint density at radius 1 is 1.35 bits per heavy atom. The zero-order valence-electron chi connectivity index (χ0n) is 10.2. The number of fused-ring (bicyclic) bond motifs is 1. The van der Waals surface area contributed by atoms with E-state index in [1.807, 2.05) is 24.3 Å². The van der Waals surface area contributed by atoms with Gasteiger partial charge in [0.15, 0.2) is 5.13 Å². The fourth-order valence-corrected chi connectivity index (χ4v) is 4.19. The van der Waals surface area contributed by atoms with Crippen molar-refractivity contribution in [2.45, 2.75) is 5.03 Å². The number of nitrogens with one attached hydrogen (secondary N) is 1. The van der Waals surface area contributed by atoms with Gasteiger partial charge in [-0.25, -0.2) is 9.97 Å². The molecule has 0 fully saturated rings. The number of benzene rings is 1. The van der Waals surface area contributed by atoms with Crippen LogP contribution in [0.15, 0.2) is 35.6 Å². The van der Waals surface area contributed by atoms with Crippen LogP contribution in [0.5, 0.6) is 0 Å². The van der Waals surface area contributed by atoms with Crippen molar-refractivity contribution in [3.63, 3.8) is 0 Å². The molecule has 2 aromatic heterocycles. The Morgan fingerprint density at radius 2 is 2.10 bits per heavy atom. The van der Waals surface area contributed by atoms with Gasteiger partial charge in [0.25, 0.3) is 10.0 Å². The fourth-order valence-electron chi connectivity index (χ4n) is 1.65. The van der Waals surface area contributed by atoms with Crippen molar-refractivity contribution in [2.24, 2.45) is 7.05 Å². The molecule has 6 nitrogen and oxygen atoms in total. The number of rotatable bonds is 3. The first-order valence-corrected chi connectivity index (χ1v) is 8.20. The lowest BCUT2D eigenvalue weighted by Gasteiger charge is -2.02. The van der Waals surface area contributed by atoms with Crippen LogP contribution >= 0.6 is 22.9 Å². The minimum Gasteiger partial charge on any atom is -0.324 e. The number of hydrogen-bond acceptors (Lipinski definition) is 5. The van der Waals surface area contributed by atoms with E-state index in [9.17, 15) is 8.42 Å². The molecule has 0 aliphatic carbocycles. The van der Waals surface area contributed by atoms with Crippen molar-refractivity contribution in [2.75, 3.05) is 4.72 Å². The van der Waals surface area contributed by atoms with E-state index in [4.69, 9.17) is 11.6 Å². The molecule has 2 heterocycles. The van der Waals surface area contributed by atoms with E-state index in [1.165, 1.54) is 22.2 Å². The normalized spacial score (nSPS) is 11.9. The molecule has 1 aromatic carbocycles. The summed E-state index contributed by atoms with van der Waals surface area (Å²) in [6.45, 7) is 0. The second kappa shape index (κ2) is 4.72. The van der Waals surface area contributed by atoms with Gasteiger partial charge in [0.05, 0.1) is 16.5 Å². The van der Waals surface area contributed by atoms with Gasteiger partial charge in [-0.2, -0.15) is 8.42 Å². The summed E-state index contributed by atoms with van der Waals surface area (Å²) in [4.78, 5) is 8.00. The van der Waals surface area contributed by atoms with Crippen molar-refractivity contribution in [1.82, 2.24) is 14.5 Å². The quantitative estimate of drug-likeness (QED) is 0.801. The number of hydrogen-bond donors (Lipinski definition) is 1. The van der Waals surface area contributed by atoms with E-state index in [1.54, 1.807) is 7.05 Å². The third kappa shape index (κ3) is 2.26. The lowest BCUT2D eigenvalue weighted by Crippen LogP contribution is -2.13. The molecule has 3 aromatic rings. The van der Waals surface area contributed by atoms with Crippen molar-refractivity contribution in [3.05, 3.63) is 35.7 Å². The minimum absolute atomic E-state index is 0.0543. The maximum absolute atomic E-state index is 12.2. The average Bonchev–Trinajstić information content (AvgIpc) is 2.93. The number of sulfonamides is 1. The third-order valence-corrected chi connectivity index (χ3v) is 5.51. The van der Waals surface area contributed by atoms with Gasteiger partial charge >= 0.3 is 0 Å². The highest BCUT2D eigenvalue weighted by Gasteiger charge is 2.23. The van der Waals surface area contributed by atoms with Crippen LogP contribution in [-0.4, -0.2) is 23.0 Å². The Bertz CT molecular complexity index is 852. The zero-order chi connectivity index (χ0) is 14.3. The van der Waals surface area contributed by atoms with Crippen LogP contribution in [0.25, 0.3) is 10.2 Å². The Kier molecular flexibility index (Phi) is 3.15. The number of halogens is 1. The average molecular weight is 329 g/mol. The molecule has 0 radical (unpaired) electrons. The Hall–Kier alpha value is -1.64. The van der Waals surface area contributed by atoms with Crippen LogP contribution in [0, 0.1) is 0 Å². The number of thiazole rings is 1. The molecule has 1 N–H and O–H groups in total. The summed E-state index contributed by atoms with van der Waals surface area (Å²) in [6.07, 6.45) is 1.34. The summed E-state index contributed by atoms with van der Waals surface area (Å²) >= 11 is 7.15. The Morgan fingerprint density at radius 3 is 2.75 bits per heavy atom. The maximum atomic E-state index is 12.2. The van der Waals surface area contributed by atoms with Gasteiger partial charge < -0.3 is 4.57 Å². The van der Waals surface area contributed by atoms with Crippen molar-refractivity contribution >= 4 is 48.3 Å². The van der Waals surface area contributed by atoms with E-state index < -0.39 is 10.0 Å². The SMILES string of the molecule is Cn1cnc(S(=O)(=O)Nc2nc3ccccc3s2)c1Cl. The smallest absolute Gasteiger partial charge is 0.284 e. The first kappa shape index (κ1) is 13.3. The lowest BCUT2D eigenvalue weighted by atomic mass is 10.3. The molecular formula is C11H9ClN4O2S2. The van der Waals surface area contributed by atoms with Crippen LogP contribution in [-0.2, 0) is 17.1 Å². The van der Waals surface area contributed by atoms with Gasteiger partial charge in [-0.05, 0) is 12.1 Å². The predicted octanol–water partition coefficient (Wildman–Crippen LogP) is 2.48. The molecule has 0 saturated carbocycles. The standard InChI is InChI=1S/C11H9ClN4O2S2/c1-16-6-13-10(9(16)12)20(17,18)15-11-14-7-4-2-3-5-8(7)19-11/h2-6H,1H3,(H,14,15). The van der Waals surface area contributed by atoms with Gasteiger partial charge in [0.1, 0.15) is 5.15 Å². The van der Waals surface area contributed by atoms with Crippen molar-refractivity contribution in [1.29, 1.82) is 0 Å². The lowest BCUT2D eigenvalue weighted by molar-refractivity contribution is 0.598. The molecule has 9 heteroatoms. The number of imidazole rings is 1. The Labute approximate surface area is 124 Å². The molecule has 0 atom stereocenters. The molecular weight excluding hydrogens is 320 g/mol. The molecule has 0 unspecified atom stereocenters. The summed E-state index contributed by atoms with van der Waals surface area (Å²) < 4.78 is 29.1. The molecule has 20 heavy (non-hydrogen) atoms. The second-order valence-electron chi connectivity index (χ2n) is 4.04. The molecule has 0 aliphatic heterocycles. The van der Waals surface area contributed by atoms with E-state index in [2.05, 4.69) is 14.7 Å². The highest BCUT2D eigenvalue weighted by atomic mass is 35.5. The topological polar surface area (TPSA) is 76.9 Å².